The van der Waals surface area contributed by atoms with E-state index in [4.69, 9.17) is 0 Å². The van der Waals surface area contributed by atoms with Crippen molar-refractivity contribution in [2.24, 2.45) is 0 Å². The SMILES string of the molecule is CCC(CC)N(C)c1nc(SC)ncc1Br. The fourth-order valence-electron chi connectivity index (χ4n) is 1.70. The Labute approximate surface area is 110 Å². The molecule has 0 atom stereocenters. The number of aromatic nitrogens is 2. The van der Waals surface area contributed by atoms with Gasteiger partial charge >= 0.3 is 0 Å². The summed E-state index contributed by atoms with van der Waals surface area (Å²) in [5.74, 6) is 0.980. The van der Waals surface area contributed by atoms with Gasteiger partial charge in [-0.05, 0) is 35.0 Å². The molecule has 90 valence electrons. The van der Waals surface area contributed by atoms with Crippen molar-refractivity contribution >= 4 is 33.5 Å². The molecule has 1 rings (SSSR count). The van der Waals surface area contributed by atoms with Crippen LogP contribution in [0.2, 0.25) is 0 Å². The largest absolute Gasteiger partial charge is 0.356 e. The molecule has 0 aliphatic heterocycles. The molecule has 1 aromatic rings. The Morgan fingerprint density at radius 3 is 2.56 bits per heavy atom. The van der Waals surface area contributed by atoms with E-state index in [1.807, 2.05) is 12.5 Å². The van der Waals surface area contributed by atoms with Gasteiger partial charge in [0.2, 0.25) is 0 Å². The zero-order chi connectivity index (χ0) is 12.1. The molecular weight excluding hydrogens is 286 g/mol. The first-order chi connectivity index (χ1) is 7.63. The topological polar surface area (TPSA) is 29.0 Å². The number of thioether (sulfide) groups is 1. The van der Waals surface area contributed by atoms with Gasteiger partial charge in [-0.25, -0.2) is 9.97 Å². The molecule has 0 aliphatic carbocycles. The molecule has 0 saturated heterocycles. The first kappa shape index (κ1) is 13.8. The second-order valence-electron chi connectivity index (χ2n) is 3.61. The molecule has 0 unspecified atom stereocenters. The highest BCUT2D eigenvalue weighted by atomic mass is 79.9. The summed E-state index contributed by atoms with van der Waals surface area (Å²) in [6, 6.07) is 0.529. The maximum atomic E-state index is 4.54. The van der Waals surface area contributed by atoms with Crippen LogP contribution in [0.15, 0.2) is 15.8 Å². The normalized spacial score (nSPS) is 10.9. The number of rotatable bonds is 5. The van der Waals surface area contributed by atoms with Crippen molar-refractivity contribution in [3.63, 3.8) is 0 Å². The fourth-order valence-corrected chi connectivity index (χ4v) is 2.50. The predicted molar refractivity (Wildman–Crippen MR) is 74.3 cm³/mol. The third-order valence-corrected chi connectivity index (χ3v) is 3.83. The second kappa shape index (κ2) is 6.45. The van der Waals surface area contributed by atoms with Gasteiger partial charge in [-0.3, -0.25) is 0 Å². The minimum atomic E-state index is 0.529. The van der Waals surface area contributed by atoms with Crippen molar-refractivity contribution in [1.82, 2.24) is 9.97 Å². The van der Waals surface area contributed by atoms with Crippen LogP contribution in [0.1, 0.15) is 26.7 Å². The predicted octanol–water partition coefficient (Wildman–Crippen LogP) is 3.59. The lowest BCUT2D eigenvalue weighted by Crippen LogP contribution is -2.31. The molecule has 0 fully saturated rings. The van der Waals surface area contributed by atoms with E-state index in [0.29, 0.717) is 6.04 Å². The van der Waals surface area contributed by atoms with Crippen molar-refractivity contribution < 1.29 is 0 Å². The average Bonchev–Trinajstić information content (AvgIpc) is 2.31. The second-order valence-corrected chi connectivity index (χ2v) is 5.24. The third-order valence-electron chi connectivity index (χ3n) is 2.71. The van der Waals surface area contributed by atoms with Crippen LogP contribution in [0.25, 0.3) is 0 Å². The van der Waals surface area contributed by atoms with E-state index < -0.39 is 0 Å². The summed E-state index contributed by atoms with van der Waals surface area (Å²) in [5.41, 5.74) is 0. The highest BCUT2D eigenvalue weighted by molar-refractivity contribution is 9.10. The molecule has 16 heavy (non-hydrogen) atoms. The lowest BCUT2D eigenvalue weighted by molar-refractivity contribution is 0.583. The van der Waals surface area contributed by atoms with Crippen LogP contribution in [0.3, 0.4) is 0 Å². The molecule has 0 spiro atoms. The Hall–Kier alpha value is -0.290. The maximum Gasteiger partial charge on any atom is 0.189 e. The highest BCUT2D eigenvalue weighted by Gasteiger charge is 2.16. The molecule has 1 aromatic heterocycles. The molecule has 3 nitrogen and oxygen atoms in total. The van der Waals surface area contributed by atoms with E-state index in [0.717, 1.165) is 28.3 Å². The Balaban J connectivity index is 3.01. The van der Waals surface area contributed by atoms with Gasteiger partial charge in [0, 0.05) is 19.3 Å². The molecule has 0 bridgehead atoms. The van der Waals surface area contributed by atoms with Crippen LogP contribution in [0, 0.1) is 0 Å². The van der Waals surface area contributed by atoms with Crippen molar-refractivity contribution in [3.8, 4) is 0 Å². The minimum absolute atomic E-state index is 0.529. The smallest absolute Gasteiger partial charge is 0.189 e. The fraction of sp³-hybridized carbons (Fsp3) is 0.636. The van der Waals surface area contributed by atoms with Gasteiger partial charge in [-0.2, -0.15) is 0 Å². The van der Waals surface area contributed by atoms with Crippen LogP contribution in [-0.2, 0) is 0 Å². The average molecular weight is 304 g/mol. The summed E-state index contributed by atoms with van der Waals surface area (Å²) in [5, 5.41) is 0.816. The molecule has 1 heterocycles. The van der Waals surface area contributed by atoms with E-state index in [1.165, 1.54) is 0 Å². The van der Waals surface area contributed by atoms with Gasteiger partial charge in [0.05, 0.1) is 4.47 Å². The standard InChI is InChI=1S/C11H18BrN3S/c1-5-8(6-2)15(3)10-9(12)7-13-11(14-10)16-4/h7-8H,5-6H2,1-4H3. The molecule has 0 amide bonds. The third kappa shape index (κ3) is 3.10. The van der Waals surface area contributed by atoms with Crippen LogP contribution < -0.4 is 4.90 Å². The summed E-state index contributed by atoms with van der Waals surface area (Å²) in [6.07, 6.45) is 6.06. The van der Waals surface area contributed by atoms with E-state index in [1.54, 1.807) is 11.8 Å². The van der Waals surface area contributed by atoms with E-state index in [-0.39, 0.29) is 0 Å². The van der Waals surface area contributed by atoms with Gasteiger partial charge in [0.25, 0.3) is 0 Å². The van der Waals surface area contributed by atoms with Gasteiger partial charge in [0.15, 0.2) is 5.16 Å². The van der Waals surface area contributed by atoms with Crippen LogP contribution in [-0.4, -0.2) is 29.3 Å². The number of nitrogens with zero attached hydrogens (tertiary/aromatic N) is 3. The molecular formula is C11H18BrN3S. The summed E-state index contributed by atoms with van der Waals surface area (Å²) in [4.78, 5) is 11.0. The van der Waals surface area contributed by atoms with Gasteiger partial charge in [-0.15, -0.1) is 0 Å². The molecule has 5 heteroatoms. The quantitative estimate of drug-likeness (QED) is 0.614. The monoisotopic (exact) mass is 303 g/mol. The molecule has 0 saturated carbocycles. The van der Waals surface area contributed by atoms with Crippen LogP contribution in [0.4, 0.5) is 5.82 Å². The Morgan fingerprint density at radius 1 is 1.44 bits per heavy atom. The van der Waals surface area contributed by atoms with Crippen molar-refractivity contribution in [2.45, 2.75) is 37.9 Å². The van der Waals surface area contributed by atoms with Crippen molar-refractivity contribution in [1.29, 1.82) is 0 Å². The molecule has 0 N–H and O–H groups in total. The number of anilines is 1. The van der Waals surface area contributed by atoms with Crippen LogP contribution in [0.5, 0.6) is 0 Å². The first-order valence-corrected chi connectivity index (χ1v) is 7.45. The van der Waals surface area contributed by atoms with Gasteiger partial charge in [-0.1, -0.05) is 25.6 Å². The number of halogens is 1. The summed E-state index contributed by atoms with van der Waals surface area (Å²) in [7, 11) is 2.09. The van der Waals surface area contributed by atoms with Crippen molar-refractivity contribution in [3.05, 3.63) is 10.7 Å². The zero-order valence-corrected chi connectivity index (χ0v) is 12.6. The maximum absolute atomic E-state index is 4.54. The zero-order valence-electron chi connectivity index (χ0n) is 10.2. The molecule has 0 radical (unpaired) electrons. The summed E-state index contributed by atoms with van der Waals surface area (Å²) >= 11 is 5.08. The Morgan fingerprint density at radius 2 is 2.06 bits per heavy atom. The van der Waals surface area contributed by atoms with E-state index in [9.17, 15) is 0 Å². The molecule has 0 aromatic carbocycles. The highest BCUT2D eigenvalue weighted by Crippen LogP contribution is 2.27. The van der Waals surface area contributed by atoms with Gasteiger partial charge in [0.1, 0.15) is 5.82 Å². The first-order valence-electron chi connectivity index (χ1n) is 5.43. The summed E-state index contributed by atoms with van der Waals surface area (Å²) in [6.45, 7) is 4.41. The van der Waals surface area contributed by atoms with Crippen molar-refractivity contribution in [2.75, 3.05) is 18.2 Å². The summed E-state index contributed by atoms with van der Waals surface area (Å²) < 4.78 is 0.958. The number of hydrogen-bond donors (Lipinski definition) is 0. The molecule has 0 aliphatic rings. The van der Waals surface area contributed by atoms with Gasteiger partial charge < -0.3 is 4.90 Å². The van der Waals surface area contributed by atoms with E-state index in [2.05, 4.69) is 51.7 Å². The minimum Gasteiger partial charge on any atom is -0.356 e. The Kier molecular flexibility index (Phi) is 5.55. The Bertz CT molecular complexity index is 342. The lowest BCUT2D eigenvalue weighted by Gasteiger charge is -2.28. The number of hydrogen-bond acceptors (Lipinski definition) is 4. The van der Waals surface area contributed by atoms with Crippen LogP contribution >= 0.6 is 27.7 Å². The lowest BCUT2D eigenvalue weighted by atomic mass is 10.1. The van der Waals surface area contributed by atoms with E-state index >= 15 is 0 Å².